The number of oxime groups is 1. The van der Waals surface area contributed by atoms with Gasteiger partial charge in [0.1, 0.15) is 0 Å². The standard InChI is InChI=1S/C12H16BrN3O/c1-8-3-2-6-16(8)11-5-4-9(7-10(11)13)12(14)15-17/h4-5,7-8,17H,2-3,6H2,1H3,(H2,14,15). The van der Waals surface area contributed by atoms with Gasteiger partial charge in [-0.2, -0.15) is 0 Å². The average Bonchev–Trinajstić information content (AvgIpc) is 2.74. The summed E-state index contributed by atoms with van der Waals surface area (Å²) in [5.74, 6) is 0.131. The molecule has 4 nitrogen and oxygen atoms in total. The van der Waals surface area contributed by atoms with Crippen molar-refractivity contribution in [2.45, 2.75) is 25.8 Å². The minimum atomic E-state index is 0.131. The molecule has 0 spiro atoms. The van der Waals surface area contributed by atoms with Crippen LogP contribution < -0.4 is 10.6 Å². The molecule has 92 valence electrons. The second-order valence-corrected chi connectivity index (χ2v) is 5.19. The summed E-state index contributed by atoms with van der Waals surface area (Å²) in [6.07, 6.45) is 2.46. The van der Waals surface area contributed by atoms with Gasteiger partial charge in [-0.3, -0.25) is 0 Å². The third kappa shape index (κ3) is 2.39. The van der Waals surface area contributed by atoms with Crippen molar-refractivity contribution in [1.29, 1.82) is 0 Å². The minimum Gasteiger partial charge on any atom is -0.409 e. The zero-order valence-corrected chi connectivity index (χ0v) is 11.3. The fourth-order valence-corrected chi connectivity index (χ4v) is 2.85. The van der Waals surface area contributed by atoms with Crippen molar-refractivity contribution < 1.29 is 5.21 Å². The van der Waals surface area contributed by atoms with Gasteiger partial charge in [0, 0.05) is 22.6 Å². The molecule has 0 radical (unpaired) electrons. The molecule has 1 saturated heterocycles. The number of anilines is 1. The molecule has 0 saturated carbocycles. The number of benzene rings is 1. The molecule has 0 amide bonds. The highest BCUT2D eigenvalue weighted by Crippen LogP contribution is 2.32. The molecule has 1 aromatic carbocycles. The van der Waals surface area contributed by atoms with Crippen LogP contribution in [0, 0.1) is 0 Å². The number of amidine groups is 1. The molecule has 0 bridgehead atoms. The molecule has 1 aliphatic rings. The van der Waals surface area contributed by atoms with Crippen LogP contribution in [0.25, 0.3) is 0 Å². The topological polar surface area (TPSA) is 61.8 Å². The van der Waals surface area contributed by atoms with E-state index in [-0.39, 0.29) is 5.84 Å². The van der Waals surface area contributed by atoms with Crippen LogP contribution in [0.2, 0.25) is 0 Å². The second kappa shape index (κ2) is 4.96. The second-order valence-electron chi connectivity index (χ2n) is 4.34. The fourth-order valence-electron chi connectivity index (χ4n) is 2.25. The lowest BCUT2D eigenvalue weighted by Crippen LogP contribution is -2.26. The molecule has 0 aliphatic carbocycles. The Morgan fingerprint density at radius 3 is 2.88 bits per heavy atom. The van der Waals surface area contributed by atoms with E-state index >= 15 is 0 Å². The molecule has 5 heteroatoms. The third-order valence-electron chi connectivity index (χ3n) is 3.21. The molecule has 1 unspecified atom stereocenters. The maximum Gasteiger partial charge on any atom is 0.170 e. The lowest BCUT2D eigenvalue weighted by molar-refractivity contribution is 0.318. The van der Waals surface area contributed by atoms with Crippen molar-refractivity contribution in [1.82, 2.24) is 0 Å². The van der Waals surface area contributed by atoms with Crippen molar-refractivity contribution in [2.24, 2.45) is 10.9 Å². The summed E-state index contributed by atoms with van der Waals surface area (Å²) < 4.78 is 0.982. The van der Waals surface area contributed by atoms with E-state index in [9.17, 15) is 0 Å². The normalized spacial score (nSPS) is 20.9. The molecular formula is C12H16BrN3O. The van der Waals surface area contributed by atoms with Gasteiger partial charge in [-0.25, -0.2) is 0 Å². The Kier molecular flexibility index (Phi) is 3.57. The quantitative estimate of drug-likeness (QED) is 0.382. The summed E-state index contributed by atoms with van der Waals surface area (Å²) in [5, 5.41) is 11.6. The monoisotopic (exact) mass is 297 g/mol. The van der Waals surface area contributed by atoms with Gasteiger partial charge >= 0.3 is 0 Å². The van der Waals surface area contributed by atoms with Crippen LogP contribution in [0.15, 0.2) is 27.8 Å². The fraction of sp³-hybridized carbons (Fsp3) is 0.417. The maximum atomic E-state index is 8.64. The molecule has 1 atom stereocenters. The summed E-state index contributed by atoms with van der Waals surface area (Å²) in [5.41, 5.74) is 7.45. The van der Waals surface area contributed by atoms with Crippen molar-refractivity contribution in [3.05, 3.63) is 28.2 Å². The zero-order chi connectivity index (χ0) is 12.4. The number of hydrogen-bond donors (Lipinski definition) is 2. The molecule has 3 N–H and O–H groups in total. The van der Waals surface area contributed by atoms with E-state index < -0.39 is 0 Å². The third-order valence-corrected chi connectivity index (χ3v) is 3.85. The first-order chi connectivity index (χ1) is 8.13. The predicted molar refractivity (Wildman–Crippen MR) is 72.7 cm³/mol. The van der Waals surface area contributed by atoms with Gasteiger partial charge in [-0.1, -0.05) is 5.16 Å². The largest absolute Gasteiger partial charge is 0.409 e. The Morgan fingerprint density at radius 1 is 1.59 bits per heavy atom. The van der Waals surface area contributed by atoms with Crippen molar-refractivity contribution >= 4 is 27.5 Å². The van der Waals surface area contributed by atoms with E-state index in [1.54, 1.807) is 0 Å². The van der Waals surface area contributed by atoms with E-state index in [1.165, 1.54) is 18.5 Å². The van der Waals surface area contributed by atoms with Crippen molar-refractivity contribution in [3.63, 3.8) is 0 Å². The highest BCUT2D eigenvalue weighted by Gasteiger charge is 2.22. The lowest BCUT2D eigenvalue weighted by Gasteiger charge is -2.25. The Hall–Kier alpha value is -1.23. The zero-order valence-electron chi connectivity index (χ0n) is 9.73. The van der Waals surface area contributed by atoms with Crippen LogP contribution in [0.5, 0.6) is 0 Å². The first kappa shape index (κ1) is 12.2. The van der Waals surface area contributed by atoms with E-state index in [0.717, 1.165) is 16.6 Å². The van der Waals surface area contributed by atoms with Gasteiger partial charge < -0.3 is 15.8 Å². The Morgan fingerprint density at radius 2 is 2.35 bits per heavy atom. The van der Waals surface area contributed by atoms with Gasteiger partial charge in [-0.15, -0.1) is 0 Å². The molecule has 17 heavy (non-hydrogen) atoms. The average molecular weight is 298 g/mol. The SMILES string of the molecule is CC1CCCN1c1ccc(/C(N)=N/O)cc1Br. The Labute approximate surface area is 109 Å². The van der Waals surface area contributed by atoms with Crippen LogP contribution >= 0.6 is 15.9 Å². The number of rotatable bonds is 2. The Balaban J connectivity index is 2.31. The van der Waals surface area contributed by atoms with Crippen LogP contribution in [-0.4, -0.2) is 23.6 Å². The Bertz CT molecular complexity index is 447. The van der Waals surface area contributed by atoms with Gasteiger partial charge in [-0.05, 0) is 53.9 Å². The van der Waals surface area contributed by atoms with Gasteiger partial charge in [0.15, 0.2) is 5.84 Å². The van der Waals surface area contributed by atoms with E-state index in [0.29, 0.717) is 6.04 Å². The van der Waals surface area contributed by atoms with E-state index in [1.807, 2.05) is 18.2 Å². The van der Waals surface area contributed by atoms with Crippen molar-refractivity contribution in [3.8, 4) is 0 Å². The highest BCUT2D eigenvalue weighted by atomic mass is 79.9. The maximum absolute atomic E-state index is 8.64. The number of halogens is 1. The van der Waals surface area contributed by atoms with Gasteiger partial charge in [0.05, 0.1) is 5.69 Å². The minimum absolute atomic E-state index is 0.131. The molecule has 1 fully saturated rings. The van der Waals surface area contributed by atoms with Gasteiger partial charge in [0.25, 0.3) is 0 Å². The molecular weight excluding hydrogens is 282 g/mol. The van der Waals surface area contributed by atoms with Crippen LogP contribution in [0.1, 0.15) is 25.3 Å². The number of nitrogens with zero attached hydrogens (tertiary/aromatic N) is 2. The van der Waals surface area contributed by atoms with Crippen LogP contribution in [0.4, 0.5) is 5.69 Å². The first-order valence-electron chi connectivity index (χ1n) is 5.67. The van der Waals surface area contributed by atoms with E-state index in [4.69, 9.17) is 10.9 Å². The molecule has 1 heterocycles. The molecule has 1 aliphatic heterocycles. The summed E-state index contributed by atoms with van der Waals surface area (Å²) >= 11 is 3.55. The summed E-state index contributed by atoms with van der Waals surface area (Å²) in [6, 6.07) is 6.34. The molecule has 2 rings (SSSR count). The van der Waals surface area contributed by atoms with Crippen LogP contribution in [-0.2, 0) is 0 Å². The highest BCUT2D eigenvalue weighted by molar-refractivity contribution is 9.10. The summed E-state index contributed by atoms with van der Waals surface area (Å²) in [4.78, 5) is 2.38. The molecule has 1 aromatic rings. The molecule has 0 aromatic heterocycles. The van der Waals surface area contributed by atoms with E-state index in [2.05, 4.69) is 32.9 Å². The van der Waals surface area contributed by atoms with Crippen LogP contribution in [0.3, 0.4) is 0 Å². The first-order valence-corrected chi connectivity index (χ1v) is 6.47. The smallest absolute Gasteiger partial charge is 0.170 e. The lowest BCUT2D eigenvalue weighted by atomic mass is 10.1. The van der Waals surface area contributed by atoms with Gasteiger partial charge in [0.2, 0.25) is 0 Å². The van der Waals surface area contributed by atoms with Crippen molar-refractivity contribution in [2.75, 3.05) is 11.4 Å². The number of nitrogens with two attached hydrogens (primary N) is 1. The predicted octanol–water partition coefficient (Wildman–Crippen LogP) is 2.53. The summed E-state index contributed by atoms with van der Waals surface area (Å²) in [6.45, 7) is 3.32. The number of hydrogen-bond acceptors (Lipinski definition) is 3. The summed E-state index contributed by atoms with van der Waals surface area (Å²) in [7, 11) is 0.